The number of nitriles is 1. The van der Waals surface area contributed by atoms with Gasteiger partial charge in [-0.1, -0.05) is 12.1 Å². The smallest absolute Gasteiger partial charge is 0.145 e. The number of nitrogens with zero attached hydrogens (tertiary/aromatic N) is 3. The third-order valence-electron chi connectivity index (χ3n) is 2.58. The number of hydrogen-bond donors (Lipinski definition) is 2. The van der Waals surface area contributed by atoms with Gasteiger partial charge in [-0.2, -0.15) is 5.26 Å². The first-order chi connectivity index (χ1) is 8.69. The Labute approximate surface area is 105 Å². The molecule has 0 fully saturated rings. The van der Waals surface area contributed by atoms with E-state index in [0.717, 1.165) is 5.56 Å². The number of benzene rings is 1. The van der Waals surface area contributed by atoms with E-state index in [-0.39, 0.29) is 6.04 Å². The minimum absolute atomic E-state index is 0.0793. The van der Waals surface area contributed by atoms with Gasteiger partial charge in [0.2, 0.25) is 0 Å². The van der Waals surface area contributed by atoms with Crippen molar-refractivity contribution in [1.82, 2.24) is 9.97 Å². The minimum atomic E-state index is 0.0793. The average molecular weight is 239 g/mol. The quantitative estimate of drug-likeness (QED) is 0.856. The van der Waals surface area contributed by atoms with Crippen LogP contribution in [0, 0.1) is 11.3 Å². The number of aromatic nitrogens is 2. The molecule has 2 aromatic rings. The van der Waals surface area contributed by atoms with Crippen molar-refractivity contribution >= 4 is 11.6 Å². The van der Waals surface area contributed by atoms with Crippen molar-refractivity contribution in [3.05, 3.63) is 47.8 Å². The summed E-state index contributed by atoms with van der Waals surface area (Å²) in [5, 5.41) is 11.9. The van der Waals surface area contributed by atoms with Crippen molar-refractivity contribution in [1.29, 1.82) is 5.26 Å². The van der Waals surface area contributed by atoms with Crippen LogP contribution < -0.4 is 11.1 Å². The van der Waals surface area contributed by atoms with E-state index in [0.29, 0.717) is 17.2 Å². The van der Waals surface area contributed by atoms with E-state index in [9.17, 15) is 0 Å². The van der Waals surface area contributed by atoms with Crippen LogP contribution >= 0.6 is 0 Å². The standard InChI is InChI=1S/C13H13N5/c1-9(11-4-2-10(6-14)3-5-11)18-13-8-16-12(15)7-17-13/h2-5,7-9H,1H3,(H2,15,16)(H,17,18). The maximum Gasteiger partial charge on any atom is 0.145 e. The van der Waals surface area contributed by atoms with Crippen LogP contribution in [0.5, 0.6) is 0 Å². The summed E-state index contributed by atoms with van der Waals surface area (Å²) in [4.78, 5) is 8.09. The molecule has 5 nitrogen and oxygen atoms in total. The number of anilines is 2. The molecule has 0 aliphatic carbocycles. The second kappa shape index (κ2) is 5.15. The summed E-state index contributed by atoms with van der Waals surface area (Å²) in [5.41, 5.74) is 7.20. The first-order valence-corrected chi connectivity index (χ1v) is 5.53. The molecule has 1 heterocycles. The Balaban J connectivity index is 2.09. The second-order valence-corrected chi connectivity index (χ2v) is 3.93. The highest BCUT2D eigenvalue weighted by Gasteiger charge is 2.06. The minimum Gasteiger partial charge on any atom is -0.382 e. The van der Waals surface area contributed by atoms with Crippen LogP contribution in [0.3, 0.4) is 0 Å². The highest BCUT2D eigenvalue weighted by molar-refractivity contribution is 5.40. The van der Waals surface area contributed by atoms with Gasteiger partial charge in [-0.15, -0.1) is 0 Å². The van der Waals surface area contributed by atoms with Gasteiger partial charge in [-0.3, -0.25) is 0 Å². The molecule has 0 radical (unpaired) electrons. The highest BCUT2D eigenvalue weighted by atomic mass is 15.0. The van der Waals surface area contributed by atoms with Gasteiger partial charge in [0.15, 0.2) is 0 Å². The average Bonchev–Trinajstić information content (AvgIpc) is 2.41. The van der Waals surface area contributed by atoms with E-state index in [2.05, 4.69) is 21.4 Å². The molecule has 2 rings (SSSR count). The first-order valence-electron chi connectivity index (χ1n) is 5.53. The van der Waals surface area contributed by atoms with Crippen LogP contribution in [0.2, 0.25) is 0 Å². The molecule has 18 heavy (non-hydrogen) atoms. The molecular formula is C13H13N5. The van der Waals surface area contributed by atoms with Gasteiger partial charge >= 0.3 is 0 Å². The van der Waals surface area contributed by atoms with Gasteiger partial charge in [0, 0.05) is 6.04 Å². The molecule has 1 unspecified atom stereocenters. The topological polar surface area (TPSA) is 87.6 Å². The van der Waals surface area contributed by atoms with Gasteiger partial charge in [-0.05, 0) is 24.6 Å². The molecule has 90 valence electrons. The van der Waals surface area contributed by atoms with Crippen molar-refractivity contribution < 1.29 is 0 Å². The van der Waals surface area contributed by atoms with E-state index in [1.54, 1.807) is 18.3 Å². The molecule has 0 bridgehead atoms. The largest absolute Gasteiger partial charge is 0.382 e. The Morgan fingerprint density at radius 1 is 1.22 bits per heavy atom. The van der Waals surface area contributed by atoms with Crippen molar-refractivity contribution in [3.8, 4) is 6.07 Å². The third-order valence-corrected chi connectivity index (χ3v) is 2.58. The molecule has 0 amide bonds. The molecule has 0 spiro atoms. The number of rotatable bonds is 3. The Morgan fingerprint density at radius 3 is 2.50 bits per heavy atom. The third kappa shape index (κ3) is 2.74. The summed E-state index contributed by atoms with van der Waals surface area (Å²) in [6, 6.07) is 9.59. The molecule has 0 saturated carbocycles. The molecule has 1 aromatic heterocycles. The lowest BCUT2D eigenvalue weighted by atomic mass is 10.1. The lowest BCUT2D eigenvalue weighted by Gasteiger charge is -2.14. The fourth-order valence-electron chi connectivity index (χ4n) is 1.56. The van der Waals surface area contributed by atoms with Crippen LogP contribution in [0.15, 0.2) is 36.7 Å². The zero-order chi connectivity index (χ0) is 13.0. The fraction of sp³-hybridized carbons (Fsp3) is 0.154. The number of nitrogen functional groups attached to an aromatic ring is 1. The molecule has 0 aliphatic rings. The van der Waals surface area contributed by atoms with E-state index < -0.39 is 0 Å². The zero-order valence-corrected chi connectivity index (χ0v) is 9.96. The number of nitrogens with one attached hydrogen (secondary N) is 1. The van der Waals surface area contributed by atoms with Crippen LogP contribution in [0.25, 0.3) is 0 Å². The van der Waals surface area contributed by atoms with Crippen LogP contribution in [0.4, 0.5) is 11.6 Å². The van der Waals surface area contributed by atoms with E-state index >= 15 is 0 Å². The number of hydrogen-bond acceptors (Lipinski definition) is 5. The van der Waals surface area contributed by atoms with E-state index in [1.165, 1.54) is 6.20 Å². The van der Waals surface area contributed by atoms with Crippen LogP contribution in [-0.2, 0) is 0 Å². The maximum absolute atomic E-state index is 8.73. The van der Waals surface area contributed by atoms with Crippen LogP contribution in [-0.4, -0.2) is 9.97 Å². The van der Waals surface area contributed by atoms with Gasteiger partial charge in [0.1, 0.15) is 11.6 Å². The van der Waals surface area contributed by atoms with Gasteiger partial charge < -0.3 is 11.1 Å². The zero-order valence-electron chi connectivity index (χ0n) is 9.96. The molecule has 0 saturated heterocycles. The lowest BCUT2D eigenvalue weighted by molar-refractivity contribution is 0.871. The Hall–Kier alpha value is -2.61. The Kier molecular flexibility index (Phi) is 3.39. The summed E-state index contributed by atoms with van der Waals surface area (Å²) >= 11 is 0. The predicted octanol–water partition coefficient (Wildman–Crippen LogP) is 2.10. The van der Waals surface area contributed by atoms with Crippen LogP contribution in [0.1, 0.15) is 24.1 Å². The molecule has 5 heteroatoms. The monoisotopic (exact) mass is 239 g/mol. The van der Waals surface area contributed by atoms with Gasteiger partial charge in [0.25, 0.3) is 0 Å². The summed E-state index contributed by atoms with van der Waals surface area (Å²) in [6.07, 6.45) is 3.10. The summed E-state index contributed by atoms with van der Waals surface area (Å²) in [5.74, 6) is 1.06. The Morgan fingerprint density at radius 2 is 1.94 bits per heavy atom. The normalized spacial score (nSPS) is 11.6. The summed E-state index contributed by atoms with van der Waals surface area (Å²) in [7, 11) is 0. The van der Waals surface area contributed by atoms with E-state index in [1.807, 2.05) is 19.1 Å². The molecule has 0 aliphatic heterocycles. The van der Waals surface area contributed by atoms with Gasteiger partial charge in [-0.25, -0.2) is 9.97 Å². The predicted molar refractivity (Wildman–Crippen MR) is 69.6 cm³/mol. The Bertz CT molecular complexity index is 553. The van der Waals surface area contributed by atoms with Crippen molar-refractivity contribution in [2.45, 2.75) is 13.0 Å². The second-order valence-electron chi connectivity index (χ2n) is 3.93. The number of nitrogens with two attached hydrogens (primary N) is 1. The van der Waals surface area contributed by atoms with Crippen molar-refractivity contribution in [3.63, 3.8) is 0 Å². The lowest BCUT2D eigenvalue weighted by Crippen LogP contribution is -2.08. The van der Waals surface area contributed by atoms with Crippen molar-refractivity contribution in [2.75, 3.05) is 11.1 Å². The van der Waals surface area contributed by atoms with Gasteiger partial charge in [0.05, 0.1) is 24.0 Å². The molecule has 1 atom stereocenters. The molecule has 1 aromatic carbocycles. The highest BCUT2D eigenvalue weighted by Crippen LogP contribution is 2.17. The van der Waals surface area contributed by atoms with E-state index in [4.69, 9.17) is 11.0 Å². The summed E-state index contributed by atoms with van der Waals surface area (Å²) in [6.45, 7) is 2.01. The molecular weight excluding hydrogens is 226 g/mol. The fourth-order valence-corrected chi connectivity index (χ4v) is 1.56. The SMILES string of the molecule is CC(Nc1cnc(N)cn1)c1ccc(C#N)cc1. The molecule has 3 N–H and O–H groups in total. The summed E-state index contributed by atoms with van der Waals surface area (Å²) < 4.78 is 0. The maximum atomic E-state index is 8.73. The van der Waals surface area contributed by atoms with Crippen molar-refractivity contribution in [2.24, 2.45) is 0 Å². The first kappa shape index (κ1) is 11.9.